The number of nitrogens with zero attached hydrogens (tertiary/aromatic N) is 2. The Morgan fingerprint density at radius 3 is 2.28 bits per heavy atom. The molecule has 0 saturated heterocycles. The van der Waals surface area contributed by atoms with E-state index in [9.17, 15) is 18.4 Å². The summed E-state index contributed by atoms with van der Waals surface area (Å²) in [7, 11) is 1.29. The Bertz CT molecular complexity index is 592. The van der Waals surface area contributed by atoms with E-state index < -0.39 is 29.4 Å². The van der Waals surface area contributed by atoms with Crippen molar-refractivity contribution >= 4 is 11.9 Å². The largest absolute Gasteiger partial charge is 0.469 e. The van der Waals surface area contributed by atoms with Crippen LogP contribution in [0, 0.1) is 17.6 Å². The van der Waals surface area contributed by atoms with Gasteiger partial charge in [0.05, 0.1) is 13.0 Å². The third kappa shape index (κ3) is 6.08. The monoisotopic (exact) mass is 356 g/mol. The number of esters is 1. The summed E-state index contributed by atoms with van der Waals surface area (Å²) in [5.74, 6) is -3.46. The van der Waals surface area contributed by atoms with Crippen molar-refractivity contribution in [3.05, 3.63) is 35.4 Å². The van der Waals surface area contributed by atoms with Gasteiger partial charge in [0.1, 0.15) is 0 Å². The number of rotatable bonds is 9. The van der Waals surface area contributed by atoms with Gasteiger partial charge in [-0.05, 0) is 31.3 Å². The maximum absolute atomic E-state index is 13.4. The Hall–Kier alpha value is -2.02. The topological polar surface area (TPSA) is 49.9 Å². The van der Waals surface area contributed by atoms with E-state index in [2.05, 4.69) is 4.90 Å². The van der Waals surface area contributed by atoms with Gasteiger partial charge in [0.25, 0.3) is 5.91 Å². The van der Waals surface area contributed by atoms with E-state index in [0.29, 0.717) is 13.1 Å². The molecule has 1 rings (SSSR count). The van der Waals surface area contributed by atoms with Crippen LogP contribution < -0.4 is 0 Å². The van der Waals surface area contributed by atoms with Crippen LogP contribution >= 0.6 is 0 Å². The maximum Gasteiger partial charge on any atom is 0.310 e. The summed E-state index contributed by atoms with van der Waals surface area (Å²) in [6.07, 6.45) is 0. The highest BCUT2D eigenvalue weighted by Gasteiger charge is 2.23. The second kappa shape index (κ2) is 10.1. The summed E-state index contributed by atoms with van der Waals surface area (Å²) >= 11 is 0. The maximum atomic E-state index is 13.4. The third-order valence-corrected chi connectivity index (χ3v) is 4.13. The Labute approximate surface area is 147 Å². The first-order valence-corrected chi connectivity index (χ1v) is 8.38. The zero-order valence-corrected chi connectivity index (χ0v) is 15.2. The number of hydrogen-bond acceptors (Lipinski definition) is 4. The highest BCUT2D eigenvalue weighted by Crippen LogP contribution is 2.13. The van der Waals surface area contributed by atoms with Crippen molar-refractivity contribution in [2.75, 3.05) is 39.8 Å². The molecule has 140 valence electrons. The average molecular weight is 356 g/mol. The van der Waals surface area contributed by atoms with Gasteiger partial charge in [0.2, 0.25) is 0 Å². The summed E-state index contributed by atoms with van der Waals surface area (Å²) in [5.41, 5.74) is 0.0514. The van der Waals surface area contributed by atoms with Crippen LogP contribution in [0.25, 0.3) is 0 Å². The fraction of sp³-hybridized carbons (Fsp3) is 0.556. The van der Waals surface area contributed by atoms with Gasteiger partial charge in [-0.15, -0.1) is 0 Å². The van der Waals surface area contributed by atoms with Crippen LogP contribution in [0.1, 0.15) is 31.1 Å². The van der Waals surface area contributed by atoms with E-state index in [-0.39, 0.29) is 12.1 Å². The predicted molar refractivity (Wildman–Crippen MR) is 91.2 cm³/mol. The lowest BCUT2D eigenvalue weighted by molar-refractivity contribution is -0.145. The minimum Gasteiger partial charge on any atom is -0.469 e. The standard InChI is InChI=1S/C18H26F2N2O3/c1-5-21(6-2)9-10-22(12-13(3)18(24)25-4)17(23)14-7-8-15(19)16(20)11-14/h7-8,11,13H,5-6,9-10,12H2,1-4H3. The van der Waals surface area contributed by atoms with Crippen molar-refractivity contribution in [3.63, 3.8) is 0 Å². The van der Waals surface area contributed by atoms with E-state index in [4.69, 9.17) is 4.74 Å². The summed E-state index contributed by atoms with van der Waals surface area (Å²) < 4.78 is 31.3. The lowest BCUT2D eigenvalue weighted by Gasteiger charge is -2.28. The van der Waals surface area contributed by atoms with E-state index in [0.717, 1.165) is 25.2 Å². The molecular formula is C18H26F2N2O3. The van der Waals surface area contributed by atoms with Crippen LogP contribution in [0.2, 0.25) is 0 Å². The van der Waals surface area contributed by atoms with Gasteiger partial charge in [0, 0.05) is 25.2 Å². The van der Waals surface area contributed by atoms with Crippen LogP contribution in [0.5, 0.6) is 0 Å². The van der Waals surface area contributed by atoms with Crippen LogP contribution in [0.4, 0.5) is 8.78 Å². The molecule has 0 radical (unpaired) electrons. The molecule has 1 unspecified atom stereocenters. The molecule has 0 aliphatic heterocycles. The lowest BCUT2D eigenvalue weighted by atomic mass is 10.1. The number of carbonyl (C=O) groups is 2. The van der Waals surface area contributed by atoms with Gasteiger partial charge in [-0.3, -0.25) is 9.59 Å². The highest BCUT2D eigenvalue weighted by molar-refractivity contribution is 5.94. The summed E-state index contributed by atoms with van der Waals surface area (Å²) in [6, 6.07) is 3.05. The van der Waals surface area contributed by atoms with E-state index in [1.165, 1.54) is 18.1 Å². The predicted octanol–water partition coefficient (Wildman–Crippen LogP) is 2.56. The Morgan fingerprint density at radius 2 is 1.76 bits per heavy atom. The minimum absolute atomic E-state index is 0.0514. The molecule has 0 bridgehead atoms. The first kappa shape index (κ1) is 21.0. The second-order valence-electron chi connectivity index (χ2n) is 5.83. The van der Waals surface area contributed by atoms with Crippen molar-refractivity contribution in [2.45, 2.75) is 20.8 Å². The normalized spacial score (nSPS) is 12.1. The fourth-order valence-electron chi connectivity index (χ4n) is 2.50. The van der Waals surface area contributed by atoms with Crippen LogP contribution in [0.15, 0.2) is 18.2 Å². The number of likely N-dealkylation sites (N-methyl/N-ethyl adjacent to an activating group) is 1. The summed E-state index contributed by atoms with van der Waals surface area (Å²) in [5, 5.41) is 0. The lowest BCUT2D eigenvalue weighted by Crippen LogP contribution is -2.42. The Kier molecular flexibility index (Phi) is 8.48. The molecule has 1 amide bonds. The van der Waals surface area contributed by atoms with Crippen molar-refractivity contribution in [1.29, 1.82) is 0 Å². The van der Waals surface area contributed by atoms with E-state index >= 15 is 0 Å². The van der Waals surface area contributed by atoms with Gasteiger partial charge in [-0.2, -0.15) is 0 Å². The Balaban J connectivity index is 2.96. The molecule has 1 atom stereocenters. The number of benzene rings is 1. The summed E-state index contributed by atoms with van der Waals surface area (Å²) in [6.45, 7) is 8.49. The van der Waals surface area contributed by atoms with Gasteiger partial charge in [0.15, 0.2) is 11.6 Å². The quantitative estimate of drug-likeness (QED) is 0.638. The zero-order valence-electron chi connectivity index (χ0n) is 15.2. The minimum atomic E-state index is -1.07. The number of ether oxygens (including phenoxy) is 1. The first-order valence-electron chi connectivity index (χ1n) is 8.38. The molecule has 5 nitrogen and oxygen atoms in total. The number of halogens is 2. The molecule has 7 heteroatoms. The molecule has 25 heavy (non-hydrogen) atoms. The van der Waals surface area contributed by atoms with E-state index in [1.807, 2.05) is 13.8 Å². The molecule has 0 saturated carbocycles. The Morgan fingerprint density at radius 1 is 1.12 bits per heavy atom. The van der Waals surface area contributed by atoms with Crippen molar-refractivity contribution in [2.24, 2.45) is 5.92 Å². The van der Waals surface area contributed by atoms with Gasteiger partial charge in [-0.25, -0.2) is 8.78 Å². The molecule has 0 aliphatic carbocycles. The van der Waals surface area contributed by atoms with Crippen LogP contribution in [-0.2, 0) is 9.53 Å². The smallest absolute Gasteiger partial charge is 0.310 e. The molecule has 0 spiro atoms. The summed E-state index contributed by atoms with van der Waals surface area (Å²) in [4.78, 5) is 28.0. The van der Waals surface area contributed by atoms with Gasteiger partial charge >= 0.3 is 5.97 Å². The molecule has 0 aromatic heterocycles. The third-order valence-electron chi connectivity index (χ3n) is 4.13. The fourth-order valence-corrected chi connectivity index (χ4v) is 2.50. The van der Waals surface area contributed by atoms with Crippen molar-refractivity contribution < 1.29 is 23.1 Å². The second-order valence-corrected chi connectivity index (χ2v) is 5.83. The van der Waals surface area contributed by atoms with Crippen LogP contribution in [-0.4, -0.2) is 61.5 Å². The molecule has 1 aromatic carbocycles. The molecule has 0 heterocycles. The van der Waals surface area contributed by atoms with Crippen molar-refractivity contribution in [1.82, 2.24) is 9.80 Å². The SMILES string of the molecule is CCN(CC)CCN(CC(C)C(=O)OC)C(=O)c1ccc(F)c(F)c1. The average Bonchev–Trinajstić information content (AvgIpc) is 2.62. The molecule has 0 N–H and O–H groups in total. The van der Waals surface area contributed by atoms with Gasteiger partial charge in [-0.1, -0.05) is 20.8 Å². The first-order chi connectivity index (χ1) is 11.8. The van der Waals surface area contributed by atoms with Crippen LogP contribution in [0.3, 0.4) is 0 Å². The molecular weight excluding hydrogens is 330 g/mol. The molecule has 0 fully saturated rings. The number of amides is 1. The highest BCUT2D eigenvalue weighted by atomic mass is 19.2. The molecule has 0 aliphatic rings. The van der Waals surface area contributed by atoms with E-state index in [1.54, 1.807) is 6.92 Å². The molecule has 1 aromatic rings. The van der Waals surface area contributed by atoms with Gasteiger partial charge < -0.3 is 14.5 Å². The number of carbonyl (C=O) groups excluding carboxylic acids is 2. The van der Waals surface area contributed by atoms with Crippen molar-refractivity contribution in [3.8, 4) is 0 Å². The number of hydrogen-bond donors (Lipinski definition) is 0. The number of methoxy groups -OCH3 is 1. The zero-order chi connectivity index (χ0) is 19.0.